The Morgan fingerprint density at radius 3 is 2.50 bits per heavy atom. The van der Waals surface area contributed by atoms with Gasteiger partial charge in [-0.25, -0.2) is 4.79 Å². The number of hydrogen-bond donors (Lipinski definition) is 3. The molecule has 0 aliphatic rings. The molecule has 4 nitrogen and oxygen atoms in total. The number of benzene rings is 1. The van der Waals surface area contributed by atoms with Crippen molar-refractivity contribution in [2.75, 3.05) is 0 Å². The summed E-state index contributed by atoms with van der Waals surface area (Å²) in [5.74, 6) is 0. The lowest BCUT2D eigenvalue weighted by Gasteiger charge is -2.19. The zero-order valence-electron chi connectivity index (χ0n) is 7.97. The molecule has 0 saturated carbocycles. The van der Waals surface area contributed by atoms with Gasteiger partial charge in [-0.2, -0.15) is 0 Å². The fraction of sp³-hybridized carbons (Fsp3) is 0.300. The molecule has 14 heavy (non-hydrogen) atoms. The van der Waals surface area contributed by atoms with E-state index in [4.69, 9.17) is 10.8 Å². The van der Waals surface area contributed by atoms with Crippen molar-refractivity contribution >= 4 is 6.09 Å². The van der Waals surface area contributed by atoms with Gasteiger partial charge in [-0.1, -0.05) is 30.3 Å². The summed E-state index contributed by atoms with van der Waals surface area (Å²) < 4.78 is 0. The average Bonchev–Trinajstić information content (AvgIpc) is 2.17. The van der Waals surface area contributed by atoms with Gasteiger partial charge in [0.05, 0.1) is 0 Å². The topological polar surface area (TPSA) is 75.3 Å². The molecule has 1 aromatic carbocycles. The number of carboxylic acid groups (broad SMARTS) is 1. The SMILES string of the molecule is C[C@@H](NC(=O)O)C(N)c1ccccc1. The summed E-state index contributed by atoms with van der Waals surface area (Å²) in [7, 11) is 0. The molecule has 0 radical (unpaired) electrons. The minimum absolute atomic E-state index is 0.296. The first-order valence-electron chi connectivity index (χ1n) is 4.41. The number of carbonyl (C=O) groups is 1. The van der Waals surface area contributed by atoms with Crippen molar-refractivity contribution in [1.29, 1.82) is 0 Å². The van der Waals surface area contributed by atoms with Gasteiger partial charge in [0.1, 0.15) is 0 Å². The number of amides is 1. The van der Waals surface area contributed by atoms with Crippen molar-refractivity contribution in [2.24, 2.45) is 5.73 Å². The maximum Gasteiger partial charge on any atom is 0.404 e. The number of nitrogens with two attached hydrogens (primary N) is 1. The lowest BCUT2D eigenvalue weighted by molar-refractivity contribution is 0.189. The van der Waals surface area contributed by atoms with Gasteiger partial charge < -0.3 is 16.2 Å². The number of nitrogens with one attached hydrogen (secondary N) is 1. The van der Waals surface area contributed by atoms with Crippen LogP contribution in [-0.2, 0) is 0 Å². The summed E-state index contributed by atoms with van der Waals surface area (Å²) >= 11 is 0. The van der Waals surface area contributed by atoms with E-state index in [1.165, 1.54) is 0 Å². The van der Waals surface area contributed by atoms with Crippen molar-refractivity contribution in [3.63, 3.8) is 0 Å². The van der Waals surface area contributed by atoms with Crippen LogP contribution in [0.5, 0.6) is 0 Å². The largest absolute Gasteiger partial charge is 0.465 e. The van der Waals surface area contributed by atoms with Gasteiger partial charge in [0.25, 0.3) is 0 Å². The highest BCUT2D eigenvalue weighted by Gasteiger charge is 2.15. The van der Waals surface area contributed by atoms with Gasteiger partial charge in [0.15, 0.2) is 0 Å². The highest BCUT2D eigenvalue weighted by Crippen LogP contribution is 2.12. The lowest BCUT2D eigenvalue weighted by atomic mass is 10.0. The quantitative estimate of drug-likeness (QED) is 0.679. The van der Waals surface area contributed by atoms with Crippen LogP contribution in [0.4, 0.5) is 4.79 Å². The van der Waals surface area contributed by atoms with Gasteiger partial charge in [-0.15, -0.1) is 0 Å². The highest BCUT2D eigenvalue weighted by atomic mass is 16.4. The van der Waals surface area contributed by atoms with Crippen LogP contribution in [-0.4, -0.2) is 17.2 Å². The zero-order valence-corrected chi connectivity index (χ0v) is 7.97. The standard InChI is InChI=1S/C10H14N2O2/c1-7(12-10(13)14)9(11)8-5-3-2-4-6-8/h2-7,9,12H,11H2,1H3,(H,13,14)/t7-,9?/m1/s1. The maximum atomic E-state index is 10.4. The third-order valence-electron chi connectivity index (χ3n) is 2.07. The highest BCUT2D eigenvalue weighted by molar-refractivity contribution is 5.64. The Kier molecular flexibility index (Phi) is 3.48. The molecule has 1 aromatic rings. The predicted octanol–water partition coefficient (Wildman–Crippen LogP) is 1.34. The Morgan fingerprint density at radius 1 is 1.43 bits per heavy atom. The summed E-state index contributed by atoms with van der Waals surface area (Å²) in [6.07, 6.45) is -1.05. The molecule has 0 aliphatic heterocycles. The maximum absolute atomic E-state index is 10.4. The molecule has 0 heterocycles. The van der Waals surface area contributed by atoms with Crippen LogP contribution >= 0.6 is 0 Å². The smallest absolute Gasteiger partial charge is 0.404 e. The van der Waals surface area contributed by atoms with Crippen molar-refractivity contribution in [1.82, 2.24) is 5.32 Å². The molecule has 2 atom stereocenters. The molecule has 0 aromatic heterocycles. The molecule has 0 bridgehead atoms. The van der Waals surface area contributed by atoms with E-state index in [1.54, 1.807) is 6.92 Å². The van der Waals surface area contributed by atoms with Crippen LogP contribution in [0.3, 0.4) is 0 Å². The summed E-state index contributed by atoms with van der Waals surface area (Å²) in [5.41, 5.74) is 6.79. The third kappa shape index (κ3) is 2.74. The van der Waals surface area contributed by atoms with Crippen LogP contribution in [0.1, 0.15) is 18.5 Å². The van der Waals surface area contributed by atoms with Gasteiger partial charge >= 0.3 is 6.09 Å². The molecule has 0 aliphatic carbocycles. The van der Waals surface area contributed by atoms with Crippen LogP contribution in [0.2, 0.25) is 0 Å². The van der Waals surface area contributed by atoms with Gasteiger partial charge in [0.2, 0.25) is 0 Å². The van der Waals surface area contributed by atoms with Crippen molar-refractivity contribution in [3.8, 4) is 0 Å². The summed E-state index contributed by atoms with van der Waals surface area (Å²) in [5, 5.41) is 10.8. The molecule has 4 N–H and O–H groups in total. The summed E-state index contributed by atoms with van der Waals surface area (Å²) in [6, 6.07) is 8.80. The van der Waals surface area contributed by atoms with E-state index in [0.717, 1.165) is 5.56 Å². The predicted molar refractivity (Wildman–Crippen MR) is 54.0 cm³/mol. The second-order valence-electron chi connectivity index (χ2n) is 3.17. The van der Waals surface area contributed by atoms with E-state index >= 15 is 0 Å². The first-order valence-corrected chi connectivity index (χ1v) is 4.41. The fourth-order valence-electron chi connectivity index (χ4n) is 1.25. The van der Waals surface area contributed by atoms with Gasteiger partial charge in [-0.05, 0) is 12.5 Å². The molecule has 1 amide bonds. The average molecular weight is 194 g/mol. The molecule has 0 saturated heterocycles. The van der Waals surface area contributed by atoms with Crippen molar-refractivity contribution in [2.45, 2.75) is 19.0 Å². The molecule has 1 unspecified atom stereocenters. The van der Waals surface area contributed by atoms with Crippen molar-refractivity contribution < 1.29 is 9.90 Å². The Balaban J connectivity index is 2.65. The molecular weight excluding hydrogens is 180 g/mol. The van der Waals surface area contributed by atoms with E-state index in [2.05, 4.69) is 5.32 Å². The van der Waals surface area contributed by atoms with Crippen LogP contribution in [0.25, 0.3) is 0 Å². The fourth-order valence-corrected chi connectivity index (χ4v) is 1.25. The van der Waals surface area contributed by atoms with Crippen LogP contribution in [0.15, 0.2) is 30.3 Å². The third-order valence-corrected chi connectivity index (χ3v) is 2.07. The molecule has 76 valence electrons. The summed E-state index contributed by atoms with van der Waals surface area (Å²) in [4.78, 5) is 10.4. The number of hydrogen-bond acceptors (Lipinski definition) is 2. The van der Waals surface area contributed by atoms with Crippen LogP contribution in [0, 0.1) is 0 Å². The second kappa shape index (κ2) is 4.62. The van der Waals surface area contributed by atoms with E-state index in [0.29, 0.717) is 0 Å². The van der Waals surface area contributed by atoms with Crippen LogP contribution < -0.4 is 11.1 Å². The Hall–Kier alpha value is -1.55. The Bertz CT molecular complexity index is 300. The number of rotatable bonds is 3. The molecule has 0 fully saturated rings. The van der Waals surface area contributed by atoms with E-state index in [9.17, 15) is 4.79 Å². The Labute approximate surface area is 82.7 Å². The minimum Gasteiger partial charge on any atom is -0.465 e. The molecule has 1 rings (SSSR count). The summed E-state index contributed by atoms with van der Waals surface area (Å²) in [6.45, 7) is 1.74. The van der Waals surface area contributed by atoms with Gasteiger partial charge in [-0.3, -0.25) is 0 Å². The molecule has 0 spiro atoms. The monoisotopic (exact) mass is 194 g/mol. The second-order valence-corrected chi connectivity index (χ2v) is 3.17. The molecule has 4 heteroatoms. The minimum atomic E-state index is -1.05. The zero-order chi connectivity index (χ0) is 10.6. The lowest BCUT2D eigenvalue weighted by Crippen LogP contribution is -2.39. The van der Waals surface area contributed by atoms with E-state index in [-0.39, 0.29) is 12.1 Å². The van der Waals surface area contributed by atoms with E-state index < -0.39 is 6.09 Å². The normalized spacial score (nSPS) is 14.4. The Morgan fingerprint density at radius 2 is 2.00 bits per heavy atom. The first kappa shape index (κ1) is 10.5. The van der Waals surface area contributed by atoms with Gasteiger partial charge in [0, 0.05) is 12.1 Å². The molecular formula is C10H14N2O2. The first-order chi connectivity index (χ1) is 6.61. The van der Waals surface area contributed by atoms with E-state index in [1.807, 2.05) is 30.3 Å². The van der Waals surface area contributed by atoms with Crippen molar-refractivity contribution in [3.05, 3.63) is 35.9 Å².